The van der Waals surface area contributed by atoms with Crippen LogP contribution in [-0.4, -0.2) is 72.2 Å². The summed E-state index contributed by atoms with van der Waals surface area (Å²) in [7, 11) is 3.94. The molecule has 0 bridgehead atoms. The summed E-state index contributed by atoms with van der Waals surface area (Å²) in [6.45, 7) is 6.94. The third kappa shape index (κ3) is 5.43. The number of nitrogens with zero attached hydrogens (tertiary/aromatic N) is 2. The number of likely N-dealkylation sites (N-methyl/N-ethyl adjacent to an activating group) is 1. The van der Waals surface area contributed by atoms with Gasteiger partial charge in [-0.3, -0.25) is 9.69 Å². The Hall–Kier alpha value is -0.650. The fourth-order valence-corrected chi connectivity index (χ4v) is 4.44. The van der Waals surface area contributed by atoms with E-state index >= 15 is 0 Å². The van der Waals surface area contributed by atoms with Gasteiger partial charge in [0.1, 0.15) is 0 Å². The molecule has 0 aromatic heterocycles. The van der Waals surface area contributed by atoms with Crippen molar-refractivity contribution in [2.75, 3.05) is 33.7 Å². The Bertz CT molecular complexity index is 389. The van der Waals surface area contributed by atoms with Gasteiger partial charge in [-0.05, 0) is 45.7 Å². The minimum absolute atomic E-state index is 0.0639. The fourth-order valence-electron chi connectivity index (χ4n) is 4.44. The van der Waals surface area contributed by atoms with Crippen LogP contribution in [0.15, 0.2) is 0 Å². The van der Waals surface area contributed by atoms with E-state index in [9.17, 15) is 9.90 Å². The zero-order valence-corrected chi connectivity index (χ0v) is 16.1. The van der Waals surface area contributed by atoms with Crippen molar-refractivity contribution in [3.63, 3.8) is 0 Å². The summed E-state index contributed by atoms with van der Waals surface area (Å²) in [6, 6.07) is 0.210. The molecule has 1 aliphatic heterocycles. The molecule has 1 aliphatic carbocycles. The smallest absolute Gasteiger partial charge is 0.237 e. The third-order valence-corrected chi connectivity index (χ3v) is 5.69. The zero-order valence-electron chi connectivity index (χ0n) is 16.1. The molecule has 2 rings (SSSR count). The van der Waals surface area contributed by atoms with Gasteiger partial charge in [0.25, 0.3) is 0 Å². The van der Waals surface area contributed by atoms with E-state index < -0.39 is 5.60 Å². The molecule has 1 atom stereocenters. The van der Waals surface area contributed by atoms with Crippen LogP contribution in [0, 0.1) is 5.92 Å². The van der Waals surface area contributed by atoms with Gasteiger partial charge >= 0.3 is 0 Å². The van der Waals surface area contributed by atoms with Gasteiger partial charge in [-0.2, -0.15) is 0 Å². The predicted molar refractivity (Wildman–Crippen MR) is 98.0 cm³/mol. The second kappa shape index (κ2) is 8.63. The van der Waals surface area contributed by atoms with Gasteiger partial charge in [0.05, 0.1) is 11.6 Å². The first-order valence-corrected chi connectivity index (χ1v) is 9.72. The molecular formula is C19H37N3O2. The minimum Gasteiger partial charge on any atom is -0.389 e. The Kier molecular flexibility index (Phi) is 7.08. The standard InChI is InChI=1S/C19H37N3O2/c1-15(2)17(21(3)4)18(23)20-16-8-12-22(13-9-16)14-19(24)10-6-5-7-11-19/h15-17,24H,5-14H2,1-4H3,(H,20,23). The van der Waals surface area contributed by atoms with Crippen molar-refractivity contribution in [1.82, 2.24) is 15.1 Å². The van der Waals surface area contributed by atoms with Gasteiger partial charge in [0.15, 0.2) is 0 Å². The molecule has 0 spiro atoms. The normalized spacial score (nSPS) is 24.3. The molecule has 5 nitrogen and oxygen atoms in total. The Morgan fingerprint density at radius 2 is 1.79 bits per heavy atom. The Morgan fingerprint density at radius 1 is 1.21 bits per heavy atom. The molecular weight excluding hydrogens is 302 g/mol. The lowest BCUT2D eigenvalue weighted by Gasteiger charge is -2.40. The predicted octanol–water partition coefficient (Wildman–Crippen LogP) is 1.85. The second-order valence-electron chi connectivity index (χ2n) is 8.50. The summed E-state index contributed by atoms with van der Waals surface area (Å²) in [5, 5.41) is 14.0. The average molecular weight is 340 g/mol. The minimum atomic E-state index is -0.470. The largest absolute Gasteiger partial charge is 0.389 e. The molecule has 1 heterocycles. The lowest BCUT2D eigenvalue weighted by molar-refractivity contribution is -0.128. The van der Waals surface area contributed by atoms with Crippen molar-refractivity contribution in [2.45, 2.75) is 76.5 Å². The van der Waals surface area contributed by atoms with Crippen LogP contribution < -0.4 is 5.32 Å². The fraction of sp³-hybridized carbons (Fsp3) is 0.947. The number of aliphatic hydroxyl groups is 1. The van der Waals surface area contributed by atoms with Crippen LogP contribution in [0.5, 0.6) is 0 Å². The van der Waals surface area contributed by atoms with Crippen molar-refractivity contribution in [3.8, 4) is 0 Å². The lowest BCUT2D eigenvalue weighted by Crippen LogP contribution is -2.54. The zero-order chi connectivity index (χ0) is 17.7. The summed E-state index contributed by atoms with van der Waals surface area (Å²) < 4.78 is 0. The second-order valence-corrected chi connectivity index (χ2v) is 8.50. The summed E-state index contributed by atoms with van der Waals surface area (Å²) in [5.74, 6) is 0.458. The van der Waals surface area contributed by atoms with Crippen LogP contribution in [-0.2, 0) is 4.79 Å². The van der Waals surface area contributed by atoms with E-state index in [2.05, 4.69) is 24.1 Å². The molecule has 5 heteroatoms. The van der Waals surface area contributed by atoms with Gasteiger partial charge in [-0.25, -0.2) is 0 Å². The number of nitrogens with one attached hydrogen (secondary N) is 1. The first-order valence-electron chi connectivity index (χ1n) is 9.72. The van der Waals surface area contributed by atoms with E-state index in [1.54, 1.807) is 0 Å². The Morgan fingerprint density at radius 3 is 2.29 bits per heavy atom. The highest BCUT2D eigenvalue weighted by atomic mass is 16.3. The molecule has 0 aromatic carbocycles. The quantitative estimate of drug-likeness (QED) is 0.775. The highest BCUT2D eigenvalue weighted by Crippen LogP contribution is 2.29. The molecule has 1 amide bonds. The maximum Gasteiger partial charge on any atom is 0.237 e. The molecule has 0 aromatic rings. The van der Waals surface area contributed by atoms with E-state index in [0.717, 1.165) is 58.2 Å². The maximum atomic E-state index is 12.5. The first-order chi connectivity index (χ1) is 11.3. The summed E-state index contributed by atoms with van der Waals surface area (Å²) >= 11 is 0. The van der Waals surface area contributed by atoms with Crippen molar-refractivity contribution in [1.29, 1.82) is 0 Å². The van der Waals surface area contributed by atoms with Crippen molar-refractivity contribution in [3.05, 3.63) is 0 Å². The van der Waals surface area contributed by atoms with Gasteiger partial charge < -0.3 is 15.3 Å². The Balaban J connectivity index is 1.77. The number of hydrogen-bond donors (Lipinski definition) is 2. The van der Waals surface area contributed by atoms with Gasteiger partial charge in [0, 0.05) is 25.7 Å². The molecule has 2 N–H and O–H groups in total. The number of rotatable bonds is 6. The number of likely N-dealkylation sites (tertiary alicyclic amines) is 1. The highest BCUT2D eigenvalue weighted by molar-refractivity contribution is 5.82. The van der Waals surface area contributed by atoms with Crippen LogP contribution in [0.3, 0.4) is 0 Å². The number of β-amino-alcohol motifs (C(OH)–C–C–N with tert-alkyl or cyclic N) is 1. The van der Waals surface area contributed by atoms with Crippen LogP contribution >= 0.6 is 0 Å². The van der Waals surface area contributed by atoms with E-state index in [-0.39, 0.29) is 18.0 Å². The number of carbonyl (C=O) groups is 1. The van der Waals surface area contributed by atoms with E-state index in [1.807, 2.05) is 19.0 Å². The van der Waals surface area contributed by atoms with Crippen molar-refractivity contribution >= 4 is 5.91 Å². The SMILES string of the molecule is CC(C)C(C(=O)NC1CCN(CC2(O)CCCCC2)CC1)N(C)C. The van der Waals surface area contributed by atoms with Crippen LogP contribution in [0.4, 0.5) is 0 Å². The topological polar surface area (TPSA) is 55.8 Å². The summed E-state index contributed by atoms with van der Waals surface area (Å²) in [4.78, 5) is 16.9. The monoisotopic (exact) mass is 339 g/mol. The van der Waals surface area contributed by atoms with Crippen LogP contribution in [0.1, 0.15) is 58.8 Å². The molecule has 1 saturated carbocycles. The Labute approximate surface area is 147 Å². The lowest BCUT2D eigenvalue weighted by atomic mass is 9.84. The van der Waals surface area contributed by atoms with Gasteiger partial charge in [0.2, 0.25) is 5.91 Å². The first kappa shape index (κ1) is 19.7. The number of amides is 1. The van der Waals surface area contributed by atoms with Gasteiger partial charge in [-0.15, -0.1) is 0 Å². The number of carbonyl (C=O) groups excluding carboxylic acids is 1. The molecule has 1 saturated heterocycles. The maximum absolute atomic E-state index is 12.5. The van der Waals surface area contributed by atoms with E-state index in [4.69, 9.17) is 0 Å². The van der Waals surface area contributed by atoms with Crippen LogP contribution in [0.25, 0.3) is 0 Å². The number of hydrogen-bond acceptors (Lipinski definition) is 4. The summed E-state index contributed by atoms with van der Waals surface area (Å²) in [6.07, 6.45) is 7.44. The third-order valence-electron chi connectivity index (χ3n) is 5.69. The van der Waals surface area contributed by atoms with Crippen molar-refractivity contribution < 1.29 is 9.90 Å². The number of piperidine rings is 1. The molecule has 24 heavy (non-hydrogen) atoms. The molecule has 2 aliphatic rings. The molecule has 2 fully saturated rings. The van der Waals surface area contributed by atoms with Crippen molar-refractivity contribution in [2.24, 2.45) is 5.92 Å². The highest BCUT2D eigenvalue weighted by Gasteiger charge is 2.33. The van der Waals surface area contributed by atoms with E-state index in [1.165, 1.54) is 6.42 Å². The average Bonchev–Trinajstić information content (AvgIpc) is 2.49. The molecule has 140 valence electrons. The molecule has 1 unspecified atom stereocenters. The van der Waals surface area contributed by atoms with Crippen LogP contribution in [0.2, 0.25) is 0 Å². The summed E-state index contributed by atoms with van der Waals surface area (Å²) in [5.41, 5.74) is -0.470. The molecule has 0 radical (unpaired) electrons. The van der Waals surface area contributed by atoms with Gasteiger partial charge in [-0.1, -0.05) is 33.1 Å². The van der Waals surface area contributed by atoms with E-state index in [0.29, 0.717) is 5.92 Å².